The molecule has 1 aliphatic heterocycles. The van der Waals surface area contributed by atoms with Gasteiger partial charge in [-0.15, -0.1) is 0 Å². The molecule has 2 rings (SSSR count). The average molecular weight is 263 g/mol. The molecule has 1 aliphatic rings. The molecule has 5 nitrogen and oxygen atoms in total. The molecule has 1 fully saturated rings. The van der Waals surface area contributed by atoms with E-state index < -0.39 is 0 Å². The molecule has 1 amide bonds. The topological polar surface area (TPSA) is 67.6 Å². The Morgan fingerprint density at radius 3 is 2.84 bits per heavy atom. The van der Waals surface area contributed by atoms with Crippen molar-refractivity contribution in [2.45, 2.75) is 25.4 Å². The zero-order chi connectivity index (χ0) is 13.7. The van der Waals surface area contributed by atoms with E-state index in [4.69, 9.17) is 10.5 Å². The Bertz CT molecular complexity index is 429. The van der Waals surface area contributed by atoms with Gasteiger partial charge in [0.2, 0.25) is 6.41 Å². The van der Waals surface area contributed by atoms with E-state index in [2.05, 4.69) is 5.32 Å². The van der Waals surface area contributed by atoms with E-state index in [0.29, 0.717) is 11.7 Å². The second kappa shape index (κ2) is 6.43. The zero-order valence-corrected chi connectivity index (χ0v) is 11.3. The number of carbonyl (C=O) groups is 1. The van der Waals surface area contributed by atoms with Crippen LogP contribution in [0.4, 0.5) is 5.69 Å². The fourth-order valence-corrected chi connectivity index (χ4v) is 2.38. The van der Waals surface area contributed by atoms with Crippen LogP contribution < -0.4 is 15.8 Å². The zero-order valence-electron chi connectivity index (χ0n) is 11.3. The molecule has 0 saturated carbocycles. The first-order valence-electron chi connectivity index (χ1n) is 6.58. The van der Waals surface area contributed by atoms with Gasteiger partial charge < -0.3 is 20.7 Å². The molecular weight excluding hydrogens is 242 g/mol. The maximum Gasteiger partial charge on any atom is 0.209 e. The number of nitrogens with one attached hydrogen (secondary N) is 1. The van der Waals surface area contributed by atoms with Crippen molar-refractivity contribution < 1.29 is 9.53 Å². The summed E-state index contributed by atoms with van der Waals surface area (Å²) in [5.74, 6) is 0.718. The van der Waals surface area contributed by atoms with Gasteiger partial charge in [-0.1, -0.05) is 12.1 Å². The van der Waals surface area contributed by atoms with E-state index in [9.17, 15) is 4.79 Å². The Kier molecular flexibility index (Phi) is 4.63. The van der Waals surface area contributed by atoms with Gasteiger partial charge in [0.1, 0.15) is 5.75 Å². The Morgan fingerprint density at radius 1 is 1.47 bits per heavy atom. The van der Waals surface area contributed by atoms with Crippen LogP contribution in [-0.2, 0) is 11.3 Å². The maximum atomic E-state index is 10.6. The number of amides is 1. The van der Waals surface area contributed by atoms with E-state index in [0.717, 1.165) is 50.2 Å². The fourth-order valence-electron chi connectivity index (χ4n) is 2.38. The van der Waals surface area contributed by atoms with E-state index in [1.807, 2.05) is 23.1 Å². The van der Waals surface area contributed by atoms with Gasteiger partial charge in [-0.05, 0) is 24.5 Å². The van der Waals surface area contributed by atoms with Gasteiger partial charge >= 0.3 is 0 Å². The predicted molar refractivity (Wildman–Crippen MR) is 74.9 cm³/mol. The Hall–Kier alpha value is -1.75. The Balaban J connectivity index is 1.87. The van der Waals surface area contributed by atoms with Crippen molar-refractivity contribution >= 4 is 12.1 Å². The molecule has 0 atom stereocenters. The van der Waals surface area contributed by atoms with Crippen molar-refractivity contribution in [3.63, 3.8) is 0 Å². The van der Waals surface area contributed by atoms with Gasteiger partial charge in [0.05, 0.1) is 12.8 Å². The number of benzene rings is 1. The molecule has 0 unspecified atom stereocenters. The lowest BCUT2D eigenvalue weighted by molar-refractivity contribution is -0.119. The van der Waals surface area contributed by atoms with Gasteiger partial charge in [0.25, 0.3) is 0 Å². The van der Waals surface area contributed by atoms with Crippen molar-refractivity contribution in [1.82, 2.24) is 10.2 Å². The van der Waals surface area contributed by atoms with Crippen LogP contribution in [0.2, 0.25) is 0 Å². The molecular formula is C14H21N3O2. The number of likely N-dealkylation sites (tertiary alicyclic amines) is 1. The highest BCUT2D eigenvalue weighted by molar-refractivity contribution is 5.58. The lowest BCUT2D eigenvalue weighted by Gasteiger charge is -2.30. The quantitative estimate of drug-likeness (QED) is 0.614. The largest absolute Gasteiger partial charge is 0.495 e. The smallest absolute Gasteiger partial charge is 0.209 e. The summed E-state index contributed by atoms with van der Waals surface area (Å²) in [7, 11) is 1.62. The van der Waals surface area contributed by atoms with E-state index >= 15 is 0 Å². The first kappa shape index (κ1) is 13.7. The standard InChI is InChI=1S/C14H21N3O2/c1-19-13-4-2-3-11(14(13)15)9-16-12-5-7-17(10-18)8-6-12/h2-4,10,12,16H,5-9,15H2,1H3. The normalized spacial score (nSPS) is 16.4. The van der Waals surface area contributed by atoms with Crippen LogP contribution in [0.3, 0.4) is 0 Å². The summed E-state index contributed by atoms with van der Waals surface area (Å²) in [6.45, 7) is 2.39. The molecule has 0 aromatic heterocycles. The predicted octanol–water partition coefficient (Wildman–Crippen LogP) is 0.988. The molecule has 104 valence electrons. The minimum absolute atomic E-state index is 0.446. The SMILES string of the molecule is COc1cccc(CNC2CCN(C=O)CC2)c1N. The van der Waals surface area contributed by atoms with Crippen molar-refractivity contribution in [3.8, 4) is 5.75 Å². The van der Waals surface area contributed by atoms with Crippen LogP contribution >= 0.6 is 0 Å². The highest BCUT2D eigenvalue weighted by atomic mass is 16.5. The molecule has 0 bridgehead atoms. The van der Waals surface area contributed by atoms with Crippen molar-refractivity contribution in [2.24, 2.45) is 0 Å². The third-order valence-electron chi connectivity index (χ3n) is 3.64. The summed E-state index contributed by atoms with van der Waals surface area (Å²) in [5.41, 5.74) is 7.78. The summed E-state index contributed by atoms with van der Waals surface area (Å²) < 4.78 is 5.21. The third-order valence-corrected chi connectivity index (χ3v) is 3.64. The van der Waals surface area contributed by atoms with Crippen molar-refractivity contribution in [1.29, 1.82) is 0 Å². The second-order valence-electron chi connectivity index (χ2n) is 4.83. The van der Waals surface area contributed by atoms with Gasteiger partial charge in [0.15, 0.2) is 0 Å². The lowest BCUT2D eigenvalue weighted by atomic mass is 10.0. The highest BCUT2D eigenvalue weighted by Crippen LogP contribution is 2.24. The molecule has 0 aliphatic carbocycles. The molecule has 1 aromatic rings. The van der Waals surface area contributed by atoms with Gasteiger partial charge in [-0.3, -0.25) is 4.79 Å². The first-order chi connectivity index (χ1) is 9.24. The molecule has 1 aromatic carbocycles. The van der Waals surface area contributed by atoms with Crippen LogP contribution in [0.1, 0.15) is 18.4 Å². The minimum Gasteiger partial charge on any atom is -0.495 e. The number of piperidine rings is 1. The van der Waals surface area contributed by atoms with Crippen LogP contribution in [0, 0.1) is 0 Å². The molecule has 1 saturated heterocycles. The summed E-state index contributed by atoms with van der Waals surface area (Å²) in [4.78, 5) is 12.5. The van der Waals surface area contributed by atoms with Crippen LogP contribution in [0.5, 0.6) is 5.75 Å². The number of nitrogens with zero attached hydrogens (tertiary/aromatic N) is 1. The fraction of sp³-hybridized carbons (Fsp3) is 0.500. The number of rotatable bonds is 5. The molecule has 3 N–H and O–H groups in total. The highest BCUT2D eigenvalue weighted by Gasteiger charge is 2.17. The number of hydrogen-bond acceptors (Lipinski definition) is 4. The van der Waals surface area contributed by atoms with E-state index in [1.165, 1.54) is 0 Å². The van der Waals surface area contributed by atoms with Gasteiger partial charge in [-0.2, -0.15) is 0 Å². The number of nitrogen functional groups attached to an aromatic ring is 1. The number of ether oxygens (including phenoxy) is 1. The summed E-state index contributed by atoms with van der Waals surface area (Å²) in [6, 6.07) is 6.26. The summed E-state index contributed by atoms with van der Waals surface area (Å²) >= 11 is 0. The number of anilines is 1. The monoisotopic (exact) mass is 263 g/mol. The number of nitrogens with two attached hydrogens (primary N) is 1. The van der Waals surface area contributed by atoms with E-state index in [1.54, 1.807) is 7.11 Å². The molecule has 0 spiro atoms. The van der Waals surface area contributed by atoms with Gasteiger partial charge in [0, 0.05) is 25.7 Å². The number of hydrogen-bond donors (Lipinski definition) is 2. The Labute approximate surface area is 113 Å². The Morgan fingerprint density at radius 2 is 2.21 bits per heavy atom. The van der Waals surface area contributed by atoms with Gasteiger partial charge in [-0.25, -0.2) is 0 Å². The molecule has 5 heteroatoms. The summed E-state index contributed by atoms with van der Waals surface area (Å²) in [5, 5.41) is 3.50. The molecule has 1 heterocycles. The van der Waals surface area contributed by atoms with Crippen LogP contribution in [0.25, 0.3) is 0 Å². The first-order valence-corrected chi connectivity index (χ1v) is 6.58. The van der Waals surface area contributed by atoms with Crippen molar-refractivity contribution in [3.05, 3.63) is 23.8 Å². The number of para-hydroxylation sites is 1. The number of carbonyl (C=O) groups excluding carboxylic acids is 1. The average Bonchev–Trinajstić information content (AvgIpc) is 2.47. The lowest BCUT2D eigenvalue weighted by Crippen LogP contribution is -2.41. The van der Waals surface area contributed by atoms with Crippen LogP contribution in [-0.4, -0.2) is 37.6 Å². The molecule has 0 radical (unpaired) electrons. The minimum atomic E-state index is 0.446. The second-order valence-corrected chi connectivity index (χ2v) is 4.83. The number of methoxy groups -OCH3 is 1. The maximum absolute atomic E-state index is 10.6. The third kappa shape index (κ3) is 3.38. The summed E-state index contributed by atoms with van der Waals surface area (Å²) in [6.07, 6.45) is 2.90. The van der Waals surface area contributed by atoms with E-state index in [-0.39, 0.29) is 0 Å². The molecule has 19 heavy (non-hydrogen) atoms. The van der Waals surface area contributed by atoms with Crippen LogP contribution in [0.15, 0.2) is 18.2 Å². The van der Waals surface area contributed by atoms with Crippen molar-refractivity contribution in [2.75, 3.05) is 25.9 Å².